The van der Waals surface area contributed by atoms with Gasteiger partial charge in [0.15, 0.2) is 11.5 Å². The Bertz CT molecular complexity index is 1140. The quantitative estimate of drug-likeness (QED) is 0.345. The van der Waals surface area contributed by atoms with Gasteiger partial charge < -0.3 is 10.6 Å². The number of nitrogens with one attached hydrogen (secondary N) is 2. The van der Waals surface area contributed by atoms with Crippen molar-refractivity contribution in [3.63, 3.8) is 0 Å². The summed E-state index contributed by atoms with van der Waals surface area (Å²) in [5.41, 5.74) is 2.20. The Morgan fingerprint density at radius 2 is 1.76 bits per heavy atom. The summed E-state index contributed by atoms with van der Waals surface area (Å²) < 4.78 is 1.82. The van der Waals surface area contributed by atoms with Gasteiger partial charge in [-0.3, -0.25) is 0 Å². The van der Waals surface area contributed by atoms with Crippen LogP contribution >= 0.6 is 23.2 Å². The molecule has 2 heterocycles. The minimum atomic E-state index is 0.491. The van der Waals surface area contributed by atoms with E-state index in [0.29, 0.717) is 39.7 Å². The van der Waals surface area contributed by atoms with Gasteiger partial charge in [0.1, 0.15) is 0 Å². The molecule has 0 radical (unpaired) electrons. The van der Waals surface area contributed by atoms with Gasteiger partial charge in [0.2, 0.25) is 5.95 Å². The Labute approximate surface area is 178 Å². The number of benzene rings is 2. The van der Waals surface area contributed by atoms with Gasteiger partial charge in [-0.1, -0.05) is 53.5 Å². The number of allylic oxidation sites excluding steroid dienone is 1. The molecule has 4 rings (SSSR count). The summed E-state index contributed by atoms with van der Waals surface area (Å²) in [6, 6.07) is 15.1. The zero-order chi connectivity index (χ0) is 20.2. The molecule has 0 saturated carbocycles. The van der Waals surface area contributed by atoms with E-state index < -0.39 is 0 Å². The Hall–Kier alpha value is -3.09. The third-order valence-corrected chi connectivity index (χ3v) is 4.90. The second-order valence-electron chi connectivity index (χ2n) is 6.29. The Balaban J connectivity index is 1.74. The largest absolute Gasteiger partial charge is 0.336 e. The fourth-order valence-corrected chi connectivity index (χ4v) is 3.36. The lowest BCUT2D eigenvalue weighted by Gasteiger charge is -2.08. The second kappa shape index (κ2) is 8.51. The molecular formula is C21H18Cl2N6. The van der Waals surface area contributed by atoms with Crippen molar-refractivity contribution >= 4 is 57.4 Å². The molecule has 0 atom stereocenters. The molecule has 0 aliphatic rings. The van der Waals surface area contributed by atoms with Crippen LogP contribution in [0.5, 0.6) is 0 Å². The third-order valence-electron chi connectivity index (χ3n) is 4.27. The first-order valence-electron chi connectivity index (χ1n) is 9.03. The first kappa shape index (κ1) is 19.2. The number of halogens is 2. The lowest BCUT2D eigenvalue weighted by atomic mass is 10.3. The summed E-state index contributed by atoms with van der Waals surface area (Å²) in [5, 5.41) is 12.9. The molecule has 2 aromatic carbocycles. The SMILES string of the molecule is C=CCCn1nc(Nc2c(Cl)cccc2Cl)c2cnc(Nc3ccccc3)nc21. The van der Waals surface area contributed by atoms with Crippen molar-refractivity contribution < 1.29 is 0 Å². The van der Waals surface area contributed by atoms with Crippen LogP contribution < -0.4 is 10.6 Å². The predicted molar refractivity (Wildman–Crippen MR) is 120 cm³/mol. The third kappa shape index (κ3) is 4.18. The molecule has 0 aliphatic carbocycles. The highest BCUT2D eigenvalue weighted by Crippen LogP contribution is 2.34. The molecule has 0 saturated heterocycles. The van der Waals surface area contributed by atoms with E-state index in [-0.39, 0.29) is 0 Å². The van der Waals surface area contributed by atoms with Crippen molar-refractivity contribution in [1.82, 2.24) is 19.7 Å². The van der Waals surface area contributed by atoms with Crippen LogP contribution in [-0.2, 0) is 6.54 Å². The Morgan fingerprint density at radius 1 is 1.00 bits per heavy atom. The summed E-state index contributed by atoms with van der Waals surface area (Å²) in [4.78, 5) is 9.11. The normalized spacial score (nSPS) is 10.8. The lowest BCUT2D eigenvalue weighted by molar-refractivity contribution is 0.642. The minimum Gasteiger partial charge on any atom is -0.336 e. The summed E-state index contributed by atoms with van der Waals surface area (Å²) in [5.74, 6) is 1.08. The van der Waals surface area contributed by atoms with E-state index in [4.69, 9.17) is 23.2 Å². The molecular weight excluding hydrogens is 407 g/mol. The molecule has 0 unspecified atom stereocenters. The van der Waals surface area contributed by atoms with E-state index in [9.17, 15) is 0 Å². The number of nitrogens with zero attached hydrogens (tertiary/aromatic N) is 4. The standard InChI is InChI=1S/C21H18Cl2N6/c1-2-3-12-29-20-15(13-24-21(27-20)25-14-8-5-4-6-9-14)19(28-29)26-18-16(22)10-7-11-17(18)23/h2,4-11,13H,1,3,12H2,(H,26,28)(H,24,25,27). The average molecular weight is 425 g/mol. The number of aromatic nitrogens is 4. The first-order valence-corrected chi connectivity index (χ1v) is 9.79. The van der Waals surface area contributed by atoms with Gasteiger partial charge in [-0.25, -0.2) is 9.67 Å². The molecule has 6 nitrogen and oxygen atoms in total. The Kier molecular flexibility index (Phi) is 5.64. The number of hydrogen-bond acceptors (Lipinski definition) is 5. The number of rotatable bonds is 7. The van der Waals surface area contributed by atoms with Crippen LogP contribution in [0.25, 0.3) is 11.0 Å². The number of anilines is 4. The van der Waals surface area contributed by atoms with Gasteiger partial charge in [0.25, 0.3) is 0 Å². The van der Waals surface area contributed by atoms with Gasteiger partial charge >= 0.3 is 0 Å². The van der Waals surface area contributed by atoms with Gasteiger partial charge in [-0.05, 0) is 30.7 Å². The van der Waals surface area contributed by atoms with E-state index in [1.165, 1.54) is 0 Å². The number of fused-ring (bicyclic) bond motifs is 1. The van der Waals surface area contributed by atoms with Crippen LogP contribution in [0, 0.1) is 0 Å². The monoisotopic (exact) mass is 424 g/mol. The van der Waals surface area contributed by atoms with Crippen LogP contribution in [0.3, 0.4) is 0 Å². The molecule has 8 heteroatoms. The molecule has 0 amide bonds. The van der Waals surface area contributed by atoms with Crippen molar-refractivity contribution in [2.75, 3.05) is 10.6 Å². The zero-order valence-electron chi connectivity index (χ0n) is 15.4. The van der Waals surface area contributed by atoms with E-state index in [0.717, 1.165) is 17.5 Å². The number of hydrogen-bond donors (Lipinski definition) is 2. The highest BCUT2D eigenvalue weighted by Gasteiger charge is 2.16. The van der Waals surface area contributed by atoms with Crippen molar-refractivity contribution in [3.05, 3.63) is 77.4 Å². The van der Waals surface area contributed by atoms with Gasteiger partial charge in [-0.2, -0.15) is 10.1 Å². The zero-order valence-corrected chi connectivity index (χ0v) is 17.0. The molecule has 0 aliphatic heterocycles. The first-order chi connectivity index (χ1) is 14.2. The molecule has 2 N–H and O–H groups in total. The molecule has 0 fully saturated rings. The maximum atomic E-state index is 6.30. The second-order valence-corrected chi connectivity index (χ2v) is 7.11. The van der Waals surface area contributed by atoms with Crippen molar-refractivity contribution in [3.8, 4) is 0 Å². The van der Waals surface area contributed by atoms with E-state index in [1.807, 2.05) is 41.1 Å². The molecule has 0 bridgehead atoms. The van der Waals surface area contributed by atoms with Crippen molar-refractivity contribution in [1.29, 1.82) is 0 Å². The highest BCUT2D eigenvalue weighted by atomic mass is 35.5. The molecule has 29 heavy (non-hydrogen) atoms. The van der Waals surface area contributed by atoms with Crippen LogP contribution in [0.4, 0.5) is 23.1 Å². The topological polar surface area (TPSA) is 67.7 Å². The molecule has 4 aromatic rings. The smallest absolute Gasteiger partial charge is 0.229 e. The molecule has 146 valence electrons. The van der Waals surface area contributed by atoms with E-state index in [2.05, 4.69) is 32.3 Å². The Morgan fingerprint density at radius 3 is 2.48 bits per heavy atom. The molecule has 2 aromatic heterocycles. The van der Waals surface area contributed by atoms with Crippen molar-refractivity contribution in [2.24, 2.45) is 0 Å². The number of aryl methyl sites for hydroxylation is 1. The fraction of sp³-hybridized carbons (Fsp3) is 0.0952. The van der Waals surface area contributed by atoms with E-state index >= 15 is 0 Å². The lowest BCUT2D eigenvalue weighted by Crippen LogP contribution is -2.03. The maximum absolute atomic E-state index is 6.30. The molecule has 0 spiro atoms. The summed E-state index contributed by atoms with van der Waals surface area (Å²) in [7, 11) is 0. The van der Waals surface area contributed by atoms with Crippen LogP contribution in [0.2, 0.25) is 10.0 Å². The predicted octanol–water partition coefficient (Wildman–Crippen LogP) is 6.20. The van der Waals surface area contributed by atoms with Crippen LogP contribution in [0.15, 0.2) is 67.4 Å². The number of para-hydroxylation sites is 2. The van der Waals surface area contributed by atoms with E-state index in [1.54, 1.807) is 24.4 Å². The minimum absolute atomic E-state index is 0.491. The van der Waals surface area contributed by atoms with Crippen LogP contribution in [0.1, 0.15) is 6.42 Å². The highest BCUT2D eigenvalue weighted by molar-refractivity contribution is 6.39. The summed E-state index contributed by atoms with van der Waals surface area (Å²) in [6.07, 6.45) is 4.34. The maximum Gasteiger partial charge on any atom is 0.229 e. The van der Waals surface area contributed by atoms with Gasteiger partial charge in [0, 0.05) is 18.4 Å². The van der Waals surface area contributed by atoms with Gasteiger partial charge in [0.05, 0.1) is 21.1 Å². The fourth-order valence-electron chi connectivity index (χ4n) is 2.87. The van der Waals surface area contributed by atoms with Crippen LogP contribution in [-0.4, -0.2) is 19.7 Å². The van der Waals surface area contributed by atoms with Gasteiger partial charge in [-0.15, -0.1) is 6.58 Å². The van der Waals surface area contributed by atoms with Crippen molar-refractivity contribution in [2.45, 2.75) is 13.0 Å². The average Bonchev–Trinajstić information content (AvgIpc) is 3.07. The summed E-state index contributed by atoms with van der Waals surface area (Å²) in [6.45, 7) is 4.43. The summed E-state index contributed by atoms with van der Waals surface area (Å²) >= 11 is 12.6.